The van der Waals surface area contributed by atoms with Crippen molar-refractivity contribution in [1.82, 2.24) is 0 Å². The van der Waals surface area contributed by atoms with Gasteiger partial charge in [0.15, 0.2) is 5.82 Å². The van der Waals surface area contributed by atoms with Crippen molar-refractivity contribution in [1.29, 1.82) is 0 Å². The number of anilines is 1. The van der Waals surface area contributed by atoms with Gasteiger partial charge in [-0.25, -0.2) is 4.39 Å². The maximum atomic E-state index is 13.8. The fourth-order valence-electron chi connectivity index (χ4n) is 1.88. The van der Waals surface area contributed by atoms with Gasteiger partial charge in [-0.15, -0.1) is 0 Å². The van der Waals surface area contributed by atoms with Gasteiger partial charge in [0.05, 0.1) is 4.92 Å². The first-order chi connectivity index (χ1) is 9.49. The standard InChI is InChI=1S/C14H12BrFN2O2/c1-9(10-4-2-5-11(15)8-10)17-14-12(16)6-3-7-13(14)18(19)20/h2-9,17H,1H3. The van der Waals surface area contributed by atoms with Crippen molar-refractivity contribution in [2.75, 3.05) is 5.32 Å². The summed E-state index contributed by atoms with van der Waals surface area (Å²) in [5, 5.41) is 13.8. The Morgan fingerprint density at radius 3 is 2.65 bits per heavy atom. The molecule has 1 atom stereocenters. The molecule has 6 heteroatoms. The van der Waals surface area contributed by atoms with Crippen molar-refractivity contribution in [2.45, 2.75) is 13.0 Å². The quantitative estimate of drug-likeness (QED) is 0.651. The minimum absolute atomic E-state index is 0.0926. The molecule has 0 aliphatic heterocycles. The molecule has 0 heterocycles. The number of hydrogen-bond acceptors (Lipinski definition) is 3. The van der Waals surface area contributed by atoms with Gasteiger partial charge in [0.25, 0.3) is 5.69 Å². The predicted octanol–water partition coefficient (Wildman–Crippen LogP) is 4.67. The number of nitro groups is 1. The molecule has 0 aliphatic rings. The van der Waals surface area contributed by atoms with E-state index in [1.165, 1.54) is 18.2 Å². The number of rotatable bonds is 4. The fourth-order valence-corrected chi connectivity index (χ4v) is 2.30. The van der Waals surface area contributed by atoms with E-state index in [9.17, 15) is 14.5 Å². The molecule has 0 aromatic heterocycles. The van der Waals surface area contributed by atoms with Crippen LogP contribution < -0.4 is 5.32 Å². The Hall–Kier alpha value is -1.95. The monoisotopic (exact) mass is 338 g/mol. The fraction of sp³-hybridized carbons (Fsp3) is 0.143. The smallest absolute Gasteiger partial charge is 0.295 e. The maximum absolute atomic E-state index is 13.8. The zero-order valence-electron chi connectivity index (χ0n) is 10.6. The van der Waals surface area contributed by atoms with Crippen LogP contribution >= 0.6 is 15.9 Å². The molecular formula is C14H12BrFN2O2. The lowest BCUT2D eigenvalue weighted by atomic mass is 10.1. The molecule has 104 valence electrons. The van der Waals surface area contributed by atoms with Crippen LogP contribution in [0.1, 0.15) is 18.5 Å². The van der Waals surface area contributed by atoms with Crippen molar-refractivity contribution in [3.63, 3.8) is 0 Å². The summed E-state index contributed by atoms with van der Waals surface area (Å²) in [6.07, 6.45) is 0. The van der Waals surface area contributed by atoms with Gasteiger partial charge < -0.3 is 5.32 Å². The summed E-state index contributed by atoms with van der Waals surface area (Å²) < 4.78 is 14.7. The lowest BCUT2D eigenvalue weighted by Gasteiger charge is -2.16. The zero-order valence-corrected chi connectivity index (χ0v) is 12.2. The minimum atomic E-state index is -0.638. The maximum Gasteiger partial charge on any atom is 0.295 e. The van der Waals surface area contributed by atoms with Crippen molar-refractivity contribution >= 4 is 27.3 Å². The van der Waals surface area contributed by atoms with E-state index in [-0.39, 0.29) is 17.4 Å². The molecule has 1 unspecified atom stereocenters. The summed E-state index contributed by atoms with van der Waals surface area (Å²) in [6, 6.07) is 11.0. The second-order valence-corrected chi connectivity index (χ2v) is 5.23. The van der Waals surface area contributed by atoms with Crippen LogP contribution in [0.2, 0.25) is 0 Å². The molecule has 0 fully saturated rings. The highest BCUT2D eigenvalue weighted by Gasteiger charge is 2.19. The van der Waals surface area contributed by atoms with Gasteiger partial charge in [-0.1, -0.05) is 34.1 Å². The van der Waals surface area contributed by atoms with Crippen LogP contribution in [-0.2, 0) is 0 Å². The summed E-state index contributed by atoms with van der Waals surface area (Å²) in [5.41, 5.74) is 0.536. The lowest BCUT2D eigenvalue weighted by molar-refractivity contribution is -0.384. The van der Waals surface area contributed by atoms with Crippen LogP contribution in [0.15, 0.2) is 46.9 Å². The summed E-state index contributed by atoms with van der Waals surface area (Å²) in [4.78, 5) is 10.3. The first-order valence-electron chi connectivity index (χ1n) is 5.94. The summed E-state index contributed by atoms with van der Waals surface area (Å²) in [5.74, 6) is -0.638. The molecule has 0 aliphatic carbocycles. The average Bonchev–Trinajstić information content (AvgIpc) is 2.40. The van der Waals surface area contributed by atoms with Crippen molar-refractivity contribution in [2.24, 2.45) is 0 Å². The van der Waals surface area contributed by atoms with Crippen molar-refractivity contribution in [3.05, 3.63) is 68.4 Å². The number of hydrogen-bond donors (Lipinski definition) is 1. The van der Waals surface area contributed by atoms with Gasteiger partial charge in [-0.3, -0.25) is 10.1 Å². The SMILES string of the molecule is CC(Nc1c(F)cccc1[N+](=O)[O-])c1cccc(Br)c1. The van der Waals surface area contributed by atoms with E-state index >= 15 is 0 Å². The molecule has 1 N–H and O–H groups in total. The molecule has 0 bridgehead atoms. The lowest BCUT2D eigenvalue weighted by Crippen LogP contribution is -2.10. The molecule has 0 saturated carbocycles. The highest BCUT2D eigenvalue weighted by Crippen LogP contribution is 2.31. The van der Waals surface area contributed by atoms with E-state index < -0.39 is 10.7 Å². The molecule has 0 saturated heterocycles. The number of nitrogens with zero attached hydrogens (tertiary/aromatic N) is 1. The van der Waals surface area contributed by atoms with Gasteiger partial charge in [-0.2, -0.15) is 0 Å². The molecular weight excluding hydrogens is 327 g/mol. The van der Waals surface area contributed by atoms with Crippen LogP contribution in [0.3, 0.4) is 0 Å². The van der Waals surface area contributed by atoms with E-state index in [1.54, 1.807) is 0 Å². The van der Waals surface area contributed by atoms with E-state index in [2.05, 4.69) is 21.2 Å². The number of nitro benzene ring substituents is 1. The second-order valence-electron chi connectivity index (χ2n) is 4.31. The Balaban J connectivity index is 2.32. The third kappa shape index (κ3) is 3.14. The first-order valence-corrected chi connectivity index (χ1v) is 6.73. The molecule has 0 spiro atoms. The Labute approximate surface area is 123 Å². The molecule has 0 radical (unpaired) electrons. The minimum Gasteiger partial charge on any atom is -0.371 e. The number of halogens is 2. The molecule has 2 rings (SSSR count). The van der Waals surface area contributed by atoms with E-state index in [4.69, 9.17) is 0 Å². The topological polar surface area (TPSA) is 55.2 Å². The predicted molar refractivity (Wildman–Crippen MR) is 79.2 cm³/mol. The Morgan fingerprint density at radius 2 is 2.00 bits per heavy atom. The molecule has 2 aromatic carbocycles. The van der Waals surface area contributed by atoms with Gasteiger partial charge in [0.1, 0.15) is 5.69 Å². The molecule has 0 amide bonds. The van der Waals surface area contributed by atoms with Gasteiger partial charge >= 0.3 is 0 Å². The van der Waals surface area contributed by atoms with Crippen LogP contribution in [0.4, 0.5) is 15.8 Å². The van der Waals surface area contributed by atoms with E-state index in [0.29, 0.717) is 0 Å². The Kier molecular flexibility index (Phi) is 4.34. The van der Waals surface area contributed by atoms with Crippen molar-refractivity contribution in [3.8, 4) is 0 Å². The van der Waals surface area contributed by atoms with Gasteiger partial charge in [0, 0.05) is 16.6 Å². The van der Waals surface area contributed by atoms with Crippen LogP contribution in [0.25, 0.3) is 0 Å². The normalized spacial score (nSPS) is 11.9. The van der Waals surface area contributed by atoms with Gasteiger partial charge in [-0.05, 0) is 30.7 Å². The summed E-state index contributed by atoms with van der Waals surface area (Å²) in [7, 11) is 0. The second kappa shape index (κ2) is 6.00. The van der Waals surface area contributed by atoms with Crippen molar-refractivity contribution < 1.29 is 9.31 Å². The van der Waals surface area contributed by atoms with Crippen LogP contribution in [0, 0.1) is 15.9 Å². The Bertz CT molecular complexity index is 649. The largest absolute Gasteiger partial charge is 0.371 e. The summed E-state index contributed by atoms with van der Waals surface area (Å²) in [6.45, 7) is 1.82. The third-order valence-electron chi connectivity index (χ3n) is 2.90. The highest BCUT2D eigenvalue weighted by atomic mass is 79.9. The average molecular weight is 339 g/mol. The van der Waals surface area contributed by atoms with E-state index in [1.807, 2.05) is 31.2 Å². The molecule has 20 heavy (non-hydrogen) atoms. The summed E-state index contributed by atoms with van der Waals surface area (Å²) >= 11 is 3.36. The molecule has 2 aromatic rings. The number of para-hydroxylation sites is 1. The number of benzene rings is 2. The Morgan fingerprint density at radius 1 is 1.30 bits per heavy atom. The molecule has 4 nitrogen and oxygen atoms in total. The van der Waals surface area contributed by atoms with Crippen LogP contribution in [-0.4, -0.2) is 4.92 Å². The van der Waals surface area contributed by atoms with E-state index in [0.717, 1.165) is 10.0 Å². The number of nitrogens with one attached hydrogen (secondary N) is 1. The first kappa shape index (κ1) is 14.5. The van der Waals surface area contributed by atoms with Gasteiger partial charge in [0.2, 0.25) is 0 Å². The highest BCUT2D eigenvalue weighted by molar-refractivity contribution is 9.10. The zero-order chi connectivity index (χ0) is 14.7. The third-order valence-corrected chi connectivity index (χ3v) is 3.39. The van der Waals surface area contributed by atoms with Crippen LogP contribution in [0.5, 0.6) is 0 Å².